The van der Waals surface area contributed by atoms with Crippen molar-refractivity contribution in [3.8, 4) is 11.5 Å². The largest absolute Gasteiger partial charge is 0.454 e. The van der Waals surface area contributed by atoms with Gasteiger partial charge < -0.3 is 9.47 Å². The molecule has 0 saturated heterocycles. The minimum atomic E-state index is -0.617. The van der Waals surface area contributed by atoms with E-state index in [1.54, 1.807) is 18.2 Å². The number of benzene rings is 2. The van der Waals surface area contributed by atoms with E-state index < -0.39 is 11.7 Å². The SMILES string of the molecule is O=C(N/N=C\c1cc(Br)c2c(c1)OCO2)c1ccccc1F. The molecule has 0 aromatic heterocycles. The zero-order valence-corrected chi connectivity index (χ0v) is 12.8. The van der Waals surface area contributed by atoms with Gasteiger partial charge >= 0.3 is 0 Å². The molecule has 3 rings (SSSR count). The molecule has 1 aliphatic heterocycles. The molecule has 0 saturated carbocycles. The molecule has 22 heavy (non-hydrogen) atoms. The van der Waals surface area contributed by atoms with Crippen LogP contribution >= 0.6 is 15.9 Å². The van der Waals surface area contributed by atoms with Crippen molar-refractivity contribution in [1.29, 1.82) is 0 Å². The molecule has 0 fully saturated rings. The van der Waals surface area contributed by atoms with Gasteiger partial charge in [-0.1, -0.05) is 12.1 Å². The van der Waals surface area contributed by atoms with E-state index in [1.807, 2.05) is 0 Å². The van der Waals surface area contributed by atoms with E-state index in [9.17, 15) is 9.18 Å². The topological polar surface area (TPSA) is 59.9 Å². The lowest BCUT2D eigenvalue weighted by Crippen LogP contribution is -2.18. The van der Waals surface area contributed by atoms with Crippen molar-refractivity contribution in [3.63, 3.8) is 0 Å². The summed E-state index contributed by atoms with van der Waals surface area (Å²) in [5, 5.41) is 3.82. The van der Waals surface area contributed by atoms with Crippen LogP contribution in [0.4, 0.5) is 4.39 Å². The van der Waals surface area contributed by atoms with Gasteiger partial charge in [-0.25, -0.2) is 9.82 Å². The number of hydrogen-bond donors (Lipinski definition) is 1. The van der Waals surface area contributed by atoms with Crippen molar-refractivity contribution < 1.29 is 18.7 Å². The van der Waals surface area contributed by atoms with Crippen LogP contribution in [0.3, 0.4) is 0 Å². The van der Waals surface area contributed by atoms with E-state index in [-0.39, 0.29) is 12.4 Å². The molecule has 2 aromatic carbocycles. The van der Waals surface area contributed by atoms with Crippen molar-refractivity contribution in [2.24, 2.45) is 5.10 Å². The predicted octanol–water partition coefficient (Wildman–Crippen LogP) is 3.08. The molecule has 112 valence electrons. The molecule has 2 aromatic rings. The third-order valence-electron chi connectivity index (χ3n) is 2.95. The third kappa shape index (κ3) is 2.94. The fourth-order valence-corrected chi connectivity index (χ4v) is 2.51. The number of hydrazone groups is 1. The molecule has 1 N–H and O–H groups in total. The Morgan fingerprint density at radius 2 is 2.14 bits per heavy atom. The number of hydrogen-bond acceptors (Lipinski definition) is 4. The third-order valence-corrected chi connectivity index (χ3v) is 3.54. The van der Waals surface area contributed by atoms with E-state index in [2.05, 4.69) is 26.5 Å². The van der Waals surface area contributed by atoms with Gasteiger partial charge in [0, 0.05) is 0 Å². The molecule has 7 heteroatoms. The molecule has 1 aliphatic rings. The summed E-state index contributed by atoms with van der Waals surface area (Å²) < 4.78 is 24.7. The second kappa shape index (κ2) is 6.15. The van der Waals surface area contributed by atoms with Gasteiger partial charge in [0.15, 0.2) is 11.5 Å². The van der Waals surface area contributed by atoms with E-state index in [1.165, 1.54) is 24.4 Å². The number of nitrogens with one attached hydrogen (secondary N) is 1. The number of rotatable bonds is 3. The van der Waals surface area contributed by atoms with E-state index in [0.29, 0.717) is 17.1 Å². The minimum Gasteiger partial charge on any atom is -0.454 e. The van der Waals surface area contributed by atoms with Crippen LogP contribution in [0.2, 0.25) is 0 Å². The Morgan fingerprint density at radius 1 is 1.32 bits per heavy atom. The summed E-state index contributed by atoms with van der Waals surface area (Å²) in [6, 6.07) is 9.19. The summed E-state index contributed by atoms with van der Waals surface area (Å²) in [5.41, 5.74) is 2.91. The average molecular weight is 365 g/mol. The van der Waals surface area contributed by atoms with Crippen LogP contribution in [0.1, 0.15) is 15.9 Å². The van der Waals surface area contributed by atoms with Crippen LogP contribution in [0.5, 0.6) is 11.5 Å². The summed E-state index contributed by atoms with van der Waals surface area (Å²) in [5.74, 6) is 0.0129. The molecular weight excluding hydrogens is 355 g/mol. The maximum Gasteiger partial charge on any atom is 0.274 e. The van der Waals surface area contributed by atoms with E-state index >= 15 is 0 Å². The van der Waals surface area contributed by atoms with Crippen molar-refractivity contribution in [2.45, 2.75) is 0 Å². The van der Waals surface area contributed by atoms with Gasteiger partial charge in [0.1, 0.15) is 5.82 Å². The van der Waals surface area contributed by atoms with Crippen LogP contribution in [0.25, 0.3) is 0 Å². The normalized spacial score (nSPS) is 12.6. The monoisotopic (exact) mass is 364 g/mol. The van der Waals surface area contributed by atoms with Gasteiger partial charge in [0.2, 0.25) is 6.79 Å². The molecule has 5 nitrogen and oxygen atoms in total. The number of fused-ring (bicyclic) bond motifs is 1. The Labute approximate surface area is 133 Å². The van der Waals surface area contributed by atoms with E-state index in [0.717, 1.165) is 4.47 Å². The molecular formula is C15H10BrFN2O3. The molecule has 0 aliphatic carbocycles. The molecule has 0 atom stereocenters. The van der Waals surface area contributed by atoms with Crippen molar-refractivity contribution in [1.82, 2.24) is 5.43 Å². The highest BCUT2D eigenvalue weighted by Crippen LogP contribution is 2.39. The first-order valence-corrected chi connectivity index (χ1v) is 7.11. The van der Waals surface area contributed by atoms with Gasteiger partial charge in [-0.05, 0) is 45.8 Å². The maximum atomic E-state index is 13.4. The quantitative estimate of drug-likeness (QED) is 0.672. The summed E-state index contributed by atoms with van der Waals surface area (Å²) in [7, 11) is 0. The van der Waals surface area contributed by atoms with Crippen molar-refractivity contribution >= 4 is 28.1 Å². The highest BCUT2D eigenvalue weighted by Gasteiger charge is 2.17. The second-order valence-electron chi connectivity index (χ2n) is 4.42. The van der Waals surface area contributed by atoms with Crippen LogP contribution in [-0.4, -0.2) is 18.9 Å². The van der Waals surface area contributed by atoms with Gasteiger partial charge in [0.05, 0.1) is 16.3 Å². The predicted molar refractivity (Wildman–Crippen MR) is 81.7 cm³/mol. The number of carbonyl (C=O) groups excluding carboxylic acids is 1. The van der Waals surface area contributed by atoms with Crippen LogP contribution in [0, 0.1) is 5.82 Å². The first kappa shape index (κ1) is 14.5. The standard InChI is InChI=1S/C15H10BrFN2O3/c16-11-5-9(6-13-14(11)22-8-21-13)7-18-19-15(20)10-3-1-2-4-12(10)17/h1-7H,8H2,(H,19,20)/b18-7-. The summed E-state index contributed by atoms with van der Waals surface area (Å²) in [6.45, 7) is 0.165. The van der Waals surface area contributed by atoms with Crippen molar-refractivity contribution in [2.75, 3.05) is 6.79 Å². The Morgan fingerprint density at radius 3 is 2.95 bits per heavy atom. The van der Waals surface area contributed by atoms with Crippen LogP contribution in [0.15, 0.2) is 46.0 Å². The number of carbonyl (C=O) groups is 1. The second-order valence-corrected chi connectivity index (χ2v) is 5.27. The summed E-state index contributed by atoms with van der Waals surface area (Å²) >= 11 is 3.36. The fraction of sp³-hybridized carbons (Fsp3) is 0.0667. The van der Waals surface area contributed by atoms with Crippen molar-refractivity contribution in [3.05, 3.63) is 57.8 Å². The Hall–Kier alpha value is -2.41. The van der Waals surface area contributed by atoms with Gasteiger partial charge in [0.25, 0.3) is 5.91 Å². The van der Waals surface area contributed by atoms with Gasteiger partial charge in [-0.3, -0.25) is 4.79 Å². The number of amides is 1. The van der Waals surface area contributed by atoms with Gasteiger partial charge in [-0.2, -0.15) is 5.10 Å². The first-order valence-electron chi connectivity index (χ1n) is 6.32. The smallest absolute Gasteiger partial charge is 0.274 e. The highest BCUT2D eigenvalue weighted by atomic mass is 79.9. The zero-order chi connectivity index (χ0) is 15.5. The average Bonchev–Trinajstić information content (AvgIpc) is 2.96. The number of nitrogens with zero attached hydrogens (tertiary/aromatic N) is 1. The summed E-state index contributed by atoms with van der Waals surface area (Å²) in [4.78, 5) is 11.8. The molecule has 1 heterocycles. The Kier molecular flexibility index (Phi) is 4.06. The fourth-order valence-electron chi connectivity index (χ4n) is 1.93. The summed E-state index contributed by atoms with van der Waals surface area (Å²) in [6.07, 6.45) is 1.44. The Balaban J connectivity index is 1.72. The minimum absolute atomic E-state index is 0.0634. The lowest BCUT2D eigenvalue weighted by molar-refractivity contribution is 0.0951. The molecule has 0 unspecified atom stereocenters. The Bertz CT molecular complexity index is 764. The lowest BCUT2D eigenvalue weighted by Gasteiger charge is -2.02. The molecule has 0 bridgehead atoms. The zero-order valence-electron chi connectivity index (χ0n) is 11.2. The lowest BCUT2D eigenvalue weighted by atomic mass is 10.2. The van der Waals surface area contributed by atoms with Crippen LogP contribution < -0.4 is 14.9 Å². The molecule has 0 radical (unpaired) electrons. The maximum absolute atomic E-state index is 13.4. The molecule has 1 amide bonds. The number of halogens is 2. The van der Waals surface area contributed by atoms with Gasteiger partial charge in [-0.15, -0.1) is 0 Å². The number of ether oxygens (including phenoxy) is 2. The van der Waals surface area contributed by atoms with E-state index in [4.69, 9.17) is 9.47 Å². The van der Waals surface area contributed by atoms with Crippen LogP contribution in [-0.2, 0) is 0 Å². The highest BCUT2D eigenvalue weighted by molar-refractivity contribution is 9.10. The first-order chi connectivity index (χ1) is 10.6. The molecule has 0 spiro atoms.